The van der Waals surface area contributed by atoms with E-state index < -0.39 is 10.0 Å². The van der Waals surface area contributed by atoms with Crippen LogP contribution in [0.3, 0.4) is 0 Å². The summed E-state index contributed by atoms with van der Waals surface area (Å²) in [6.45, 7) is 3.31. The minimum atomic E-state index is -3.04. The molecule has 0 aromatic heterocycles. The highest BCUT2D eigenvalue weighted by atomic mass is 35.5. The molecule has 1 saturated carbocycles. The molecule has 1 aliphatic carbocycles. The van der Waals surface area contributed by atoms with Gasteiger partial charge in [-0.15, -0.1) is 11.6 Å². The molecule has 1 saturated heterocycles. The molecule has 2 rings (SSSR count). The van der Waals surface area contributed by atoms with Crippen molar-refractivity contribution in [1.29, 1.82) is 0 Å². The van der Waals surface area contributed by atoms with E-state index in [1.807, 2.05) is 0 Å². The van der Waals surface area contributed by atoms with Gasteiger partial charge in [-0.25, -0.2) is 12.7 Å². The number of alkyl halides is 1. The predicted octanol–water partition coefficient (Wildman–Crippen LogP) is 2.14. The molecule has 118 valence electrons. The molecule has 1 aliphatic heterocycles. The number of halogens is 1. The summed E-state index contributed by atoms with van der Waals surface area (Å²) >= 11 is 5.95. The molecule has 1 atom stereocenters. The van der Waals surface area contributed by atoms with Crippen LogP contribution in [0.1, 0.15) is 38.5 Å². The average Bonchev–Trinajstić information content (AvgIpc) is 2.91. The van der Waals surface area contributed by atoms with E-state index in [4.69, 9.17) is 11.6 Å². The fourth-order valence-electron chi connectivity index (χ4n) is 3.61. The first-order valence-corrected chi connectivity index (χ1v) is 10.1. The Bertz CT molecular complexity index is 396. The zero-order valence-corrected chi connectivity index (χ0v) is 14.0. The zero-order chi connectivity index (χ0) is 14.6. The van der Waals surface area contributed by atoms with E-state index in [-0.39, 0.29) is 0 Å². The van der Waals surface area contributed by atoms with E-state index in [0.29, 0.717) is 30.9 Å². The lowest BCUT2D eigenvalue weighted by Crippen LogP contribution is -2.45. The van der Waals surface area contributed by atoms with Gasteiger partial charge in [0.1, 0.15) is 0 Å². The third-order valence-corrected chi connectivity index (χ3v) is 6.09. The lowest BCUT2D eigenvalue weighted by Gasteiger charge is -2.36. The van der Waals surface area contributed by atoms with Gasteiger partial charge in [0.2, 0.25) is 10.0 Å². The Morgan fingerprint density at radius 1 is 1.20 bits per heavy atom. The van der Waals surface area contributed by atoms with E-state index >= 15 is 0 Å². The van der Waals surface area contributed by atoms with Crippen molar-refractivity contribution in [1.82, 2.24) is 9.21 Å². The van der Waals surface area contributed by atoms with Crippen LogP contribution in [-0.4, -0.2) is 62.0 Å². The van der Waals surface area contributed by atoms with E-state index in [1.165, 1.54) is 31.9 Å². The highest BCUT2D eigenvalue weighted by molar-refractivity contribution is 7.88. The van der Waals surface area contributed by atoms with Crippen LogP contribution in [0.5, 0.6) is 0 Å². The number of piperidine rings is 1. The van der Waals surface area contributed by atoms with E-state index in [1.54, 1.807) is 4.31 Å². The molecule has 2 fully saturated rings. The standard InChI is InChI=1S/C14H27ClN2O2S/c1-20(18,19)17-9-4-5-13(12-17)11-16(10-8-15)14-6-2-3-7-14/h13-14H,2-12H2,1H3. The molecule has 1 heterocycles. The predicted molar refractivity (Wildman–Crippen MR) is 83.7 cm³/mol. The van der Waals surface area contributed by atoms with Crippen LogP contribution in [0, 0.1) is 5.92 Å². The van der Waals surface area contributed by atoms with Gasteiger partial charge < -0.3 is 0 Å². The molecule has 0 bridgehead atoms. The molecular weight excluding hydrogens is 296 g/mol. The van der Waals surface area contributed by atoms with Crippen LogP contribution >= 0.6 is 11.6 Å². The van der Waals surface area contributed by atoms with Crippen molar-refractivity contribution in [2.75, 3.05) is 38.3 Å². The quantitative estimate of drug-likeness (QED) is 0.703. The smallest absolute Gasteiger partial charge is 0.211 e. The molecular formula is C14H27ClN2O2S. The summed E-state index contributed by atoms with van der Waals surface area (Å²) in [4.78, 5) is 2.51. The summed E-state index contributed by atoms with van der Waals surface area (Å²) < 4.78 is 25.0. The van der Waals surface area contributed by atoms with Gasteiger partial charge in [-0.05, 0) is 31.6 Å². The molecule has 0 aromatic rings. The monoisotopic (exact) mass is 322 g/mol. The summed E-state index contributed by atoms with van der Waals surface area (Å²) in [5, 5.41) is 0. The molecule has 0 spiro atoms. The molecule has 0 amide bonds. The molecule has 4 nitrogen and oxygen atoms in total. The van der Waals surface area contributed by atoms with Crippen LogP contribution in [-0.2, 0) is 10.0 Å². The van der Waals surface area contributed by atoms with Gasteiger partial charge in [0.25, 0.3) is 0 Å². The Morgan fingerprint density at radius 2 is 1.90 bits per heavy atom. The summed E-state index contributed by atoms with van der Waals surface area (Å²) in [6, 6.07) is 0.669. The van der Waals surface area contributed by atoms with Gasteiger partial charge in [0, 0.05) is 38.1 Å². The molecule has 1 unspecified atom stereocenters. The minimum absolute atomic E-state index is 0.460. The van der Waals surface area contributed by atoms with Crippen molar-refractivity contribution >= 4 is 21.6 Å². The summed E-state index contributed by atoms with van der Waals surface area (Å²) in [7, 11) is -3.04. The van der Waals surface area contributed by atoms with Crippen LogP contribution < -0.4 is 0 Å². The lowest BCUT2D eigenvalue weighted by molar-refractivity contribution is 0.145. The number of sulfonamides is 1. The number of rotatable bonds is 6. The van der Waals surface area contributed by atoms with Crippen molar-refractivity contribution in [2.24, 2.45) is 5.92 Å². The second kappa shape index (κ2) is 7.43. The normalized spacial score (nSPS) is 26.4. The fourth-order valence-corrected chi connectivity index (χ4v) is 4.77. The highest BCUT2D eigenvalue weighted by Gasteiger charge is 2.29. The second-order valence-corrected chi connectivity index (χ2v) is 8.61. The van der Waals surface area contributed by atoms with Gasteiger partial charge >= 0.3 is 0 Å². The Labute approximate surface area is 128 Å². The van der Waals surface area contributed by atoms with E-state index in [9.17, 15) is 8.42 Å². The molecule has 2 aliphatic rings. The van der Waals surface area contributed by atoms with Gasteiger partial charge in [0.15, 0.2) is 0 Å². The third-order valence-electron chi connectivity index (χ3n) is 4.66. The first-order chi connectivity index (χ1) is 9.50. The highest BCUT2D eigenvalue weighted by Crippen LogP contribution is 2.26. The van der Waals surface area contributed by atoms with E-state index in [2.05, 4.69) is 4.90 Å². The van der Waals surface area contributed by atoms with Crippen LogP contribution in [0.4, 0.5) is 0 Å². The van der Waals surface area contributed by atoms with Gasteiger partial charge in [0.05, 0.1) is 6.26 Å². The number of hydrogen-bond acceptors (Lipinski definition) is 3. The van der Waals surface area contributed by atoms with Crippen molar-refractivity contribution < 1.29 is 8.42 Å². The van der Waals surface area contributed by atoms with Crippen LogP contribution in [0.25, 0.3) is 0 Å². The Hall–Kier alpha value is 0.160. The maximum Gasteiger partial charge on any atom is 0.211 e. The molecule has 0 N–H and O–H groups in total. The third kappa shape index (κ3) is 4.58. The zero-order valence-electron chi connectivity index (χ0n) is 12.4. The lowest BCUT2D eigenvalue weighted by atomic mass is 9.98. The first-order valence-electron chi connectivity index (χ1n) is 7.76. The SMILES string of the molecule is CS(=O)(=O)N1CCCC(CN(CCCl)C2CCCC2)C1. The van der Waals surface area contributed by atoms with Gasteiger partial charge in [-0.3, -0.25) is 4.90 Å². The Balaban J connectivity index is 1.92. The van der Waals surface area contributed by atoms with Crippen LogP contribution in [0.2, 0.25) is 0 Å². The molecule has 6 heteroatoms. The summed E-state index contributed by atoms with van der Waals surface area (Å²) in [6.07, 6.45) is 8.64. The van der Waals surface area contributed by atoms with Crippen LogP contribution in [0.15, 0.2) is 0 Å². The molecule has 0 radical (unpaired) electrons. The first kappa shape index (κ1) is 16.5. The maximum absolute atomic E-state index is 11.7. The minimum Gasteiger partial charge on any atom is -0.299 e. The molecule has 20 heavy (non-hydrogen) atoms. The molecule has 0 aromatic carbocycles. The Kier molecular flexibility index (Phi) is 6.14. The number of hydrogen-bond donors (Lipinski definition) is 0. The van der Waals surface area contributed by atoms with Crippen molar-refractivity contribution in [3.8, 4) is 0 Å². The van der Waals surface area contributed by atoms with E-state index in [0.717, 1.165) is 25.9 Å². The van der Waals surface area contributed by atoms with Gasteiger partial charge in [-0.2, -0.15) is 0 Å². The summed E-state index contributed by atoms with van der Waals surface area (Å²) in [5.41, 5.74) is 0. The second-order valence-electron chi connectivity index (χ2n) is 6.25. The van der Waals surface area contributed by atoms with Crippen molar-refractivity contribution in [3.63, 3.8) is 0 Å². The Morgan fingerprint density at radius 3 is 2.50 bits per heavy atom. The average molecular weight is 323 g/mol. The van der Waals surface area contributed by atoms with Gasteiger partial charge in [-0.1, -0.05) is 12.8 Å². The van der Waals surface area contributed by atoms with Crippen molar-refractivity contribution in [2.45, 2.75) is 44.6 Å². The fraction of sp³-hybridized carbons (Fsp3) is 1.00. The largest absolute Gasteiger partial charge is 0.299 e. The van der Waals surface area contributed by atoms with Crippen molar-refractivity contribution in [3.05, 3.63) is 0 Å². The topological polar surface area (TPSA) is 40.6 Å². The summed E-state index contributed by atoms with van der Waals surface area (Å²) in [5.74, 6) is 1.13. The maximum atomic E-state index is 11.7. The number of nitrogens with zero attached hydrogens (tertiary/aromatic N) is 2.